The molecule has 216 valence electrons. The molecule has 0 saturated carbocycles. The Morgan fingerprint density at radius 1 is 0.472 bits per heavy atom. The van der Waals surface area contributed by atoms with Crippen molar-refractivity contribution in [2.45, 2.75) is 201 Å². The molecule has 0 aliphatic heterocycles. The molecule has 0 aliphatic rings. The van der Waals surface area contributed by atoms with Gasteiger partial charge in [0.1, 0.15) is 0 Å². The number of hydrogen-bond donors (Lipinski definition) is 1. The molecule has 1 unspecified atom stereocenters. The number of carboxylic acids is 1. The van der Waals surface area contributed by atoms with Crippen molar-refractivity contribution in [2.24, 2.45) is 11.8 Å². The van der Waals surface area contributed by atoms with Crippen molar-refractivity contribution in [2.75, 3.05) is 0 Å². The third-order valence-electron chi connectivity index (χ3n) is 8.13. The Morgan fingerprint density at radius 3 is 1.08 bits per heavy atom. The smallest absolute Gasteiger partial charge is 0.303 e. The van der Waals surface area contributed by atoms with Crippen LogP contribution in [0.15, 0.2) is 0 Å². The van der Waals surface area contributed by atoms with Crippen molar-refractivity contribution in [3.8, 4) is 0 Å². The van der Waals surface area contributed by atoms with Crippen LogP contribution in [-0.2, 0) is 4.79 Å². The van der Waals surface area contributed by atoms with Gasteiger partial charge in [0.05, 0.1) is 0 Å². The van der Waals surface area contributed by atoms with E-state index in [0.29, 0.717) is 12.3 Å². The predicted molar refractivity (Wildman–Crippen MR) is 161 cm³/mol. The Labute approximate surface area is 228 Å². The molecule has 0 amide bonds. The van der Waals surface area contributed by atoms with Crippen molar-refractivity contribution >= 4 is 5.97 Å². The Balaban J connectivity index is 3.60. The van der Waals surface area contributed by atoms with E-state index >= 15 is 0 Å². The highest BCUT2D eigenvalue weighted by molar-refractivity contribution is 5.66. The summed E-state index contributed by atoms with van der Waals surface area (Å²) in [6, 6.07) is 0. The summed E-state index contributed by atoms with van der Waals surface area (Å²) in [7, 11) is 0. The van der Waals surface area contributed by atoms with Crippen molar-refractivity contribution < 1.29 is 9.90 Å². The summed E-state index contributed by atoms with van der Waals surface area (Å²) in [4.78, 5) is 11.1. The minimum Gasteiger partial charge on any atom is -0.481 e. The van der Waals surface area contributed by atoms with Gasteiger partial charge >= 0.3 is 5.97 Å². The molecule has 1 N–H and O–H groups in total. The highest BCUT2D eigenvalue weighted by Gasteiger charge is 2.11. The molecule has 0 spiro atoms. The summed E-state index contributed by atoms with van der Waals surface area (Å²) in [6.45, 7) is 6.94. The van der Waals surface area contributed by atoms with Crippen LogP contribution >= 0.6 is 0 Å². The van der Waals surface area contributed by atoms with E-state index in [9.17, 15) is 4.79 Å². The third-order valence-corrected chi connectivity index (χ3v) is 8.13. The zero-order chi connectivity index (χ0) is 26.5. The lowest BCUT2D eigenvalue weighted by Crippen LogP contribution is -2.05. The van der Waals surface area contributed by atoms with Gasteiger partial charge in [0.2, 0.25) is 0 Å². The quantitative estimate of drug-likeness (QED) is 0.0979. The first-order valence-electron chi connectivity index (χ1n) is 16.8. The Hall–Kier alpha value is -0.530. The number of aliphatic carboxylic acids is 1. The standard InChI is InChI=1S/C34H68O2/c1-4-5-6-7-8-9-10-11-12-13-16-19-22-25-28-33(30-31-34(35)36)29-26-23-20-17-14-15-18-21-24-27-32(2)3/h32-33H,4-31H2,1-3H3,(H,35,36). The van der Waals surface area contributed by atoms with Crippen molar-refractivity contribution in [3.63, 3.8) is 0 Å². The van der Waals surface area contributed by atoms with Gasteiger partial charge in [0.25, 0.3) is 0 Å². The largest absolute Gasteiger partial charge is 0.481 e. The van der Waals surface area contributed by atoms with E-state index in [1.807, 2.05) is 0 Å². The molecule has 2 heteroatoms. The first-order valence-corrected chi connectivity index (χ1v) is 16.8. The van der Waals surface area contributed by atoms with Crippen LogP contribution in [0.1, 0.15) is 201 Å². The van der Waals surface area contributed by atoms with E-state index in [1.54, 1.807) is 0 Å². The number of rotatable bonds is 30. The van der Waals surface area contributed by atoms with E-state index in [2.05, 4.69) is 20.8 Å². The van der Waals surface area contributed by atoms with Gasteiger partial charge in [-0.25, -0.2) is 0 Å². The Kier molecular flexibility index (Phi) is 28.6. The summed E-state index contributed by atoms with van der Waals surface area (Å²) in [6.07, 6.45) is 37.3. The maximum absolute atomic E-state index is 11.1. The normalized spacial score (nSPS) is 12.4. The molecular formula is C34H68O2. The SMILES string of the molecule is CCCCCCCCCCCCCCCCC(CCCCCCCCCCCC(C)C)CCC(=O)O. The van der Waals surface area contributed by atoms with E-state index in [0.717, 1.165) is 12.3 Å². The second-order valence-corrected chi connectivity index (χ2v) is 12.3. The summed E-state index contributed by atoms with van der Waals surface area (Å²) in [5.41, 5.74) is 0. The van der Waals surface area contributed by atoms with Gasteiger partial charge in [-0.3, -0.25) is 4.79 Å². The minimum absolute atomic E-state index is 0.361. The van der Waals surface area contributed by atoms with Gasteiger partial charge < -0.3 is 5.11 Å². The molecule has 0 aromatic heterocycles. The van der Waals surface area contributed by atoms with Gasteiger partial charge in [-0.1, -0.05) is 188 Å². The van der Waals surface area contributed by atoms with Gasteiger partial charge in [-0.15, -0.1) is 0 Å². The number of carbonyl (C=O) groups is 1. The van der Waals surface area contributed by atoms with Gasteiger partial charge in [0, 0.05) is 6.42 Å². The highest BCUT2D eigenvalue weighted by atomic mass is 16.4. The molecule has 0 aromatic rings. The molecule has 36 heavy (non-hydrogen) atoms. The molecule has 0 radical (unpaired) electrons. The molecular weight excluding hydrogens is 440 g/mol. The molecule has 0 saturated heterocycles. The topological polar surface area (TPSA) is 37.3 Å². The van der Waals surface area contributed by atoms with E-state index < -0.39 is 5.97 Å². The fraction of sp³-hybridized carbons (Fsp3) is 0.971. The average Bonchev–Trinajstić information content (AvgIpc) is 2.85. The zero-order valence-electron chi connectivity index (χ0n) is 25.3. The van der Waals surface area contributed by atoms with Crippen LogP contribution in [0.3, 0.4) is 0 Å². The summed E-state index contributed by atoms with van der Waals surface area (Å²) >= 11 is 0. The summed E-state index contributed by atoms with van der Waals surface area (Å²) in [5.74, 6) is 0.882. The maximum atomic E-state index is 11.1. The summed E-state index contributed by atoms with van der Waals surface area (Å²) < 4.78 is 0. The third kappa shape index (κ3) is 29.7. The van der Waals surface area contributed by atoms with Crippen molar-refractivity contribution in [1.82, 2.24) is 0 Å². The van der Waals surface area contributed by atoms with Crippen LogP contribution in [-0.4, -0.2) is 11.1 Å². The second kappa shape index (κ2) is 29.0. The van der Waals surface area contributed by atoms with E-state index in [-0.39, 0.29) is 0 Å². The van der Waals surface area contributed by atoms with Crippen LogP contribution < -0.4 is 0 Å². The number of unbranched alkanes of at least 4 members (excludes halogenated alkanes) is 21. The lowest BCUT2D eigenvalue weighted by molar-refractivity contribution is -0.137. The van der Waals surface area contributed by atoms with Crippen LogP contribution in [0.25, 0.3) is 0 Å². The highest BCUT2D eigenvalue weighted by Crippen LogP contribution is 2.24. The van der Waals surface area contributed by atoms with Gasteiger partial charge in [-0.05, 0) is 18.3 Å². The second-order valence-electron chi connectivity index (χ2n) is 12.3. The molecule has 0 rings (SSSR count). The van der Waals surface area contributed by atoms with Crippen LogP contribution in [0, 0.1) is 11.8 Å². The first-order chi connectivity index (χ1) is 17.6. The molecule has 1 atom stereocenters. The fourth-order valence-corrected chi connectivity index (χ4v) is 5.61. The Bertz CT molecular complexity index is 431. The first kappa shape index (κ1) is 35.5. The zero-order valence-corrected chi connectivity index (χ0v) is 25.3. The maximum Gasteiger partial charge on any atom is 0.303 e. The van der Waals surface area contributed by atoms with Crippen LogP contribution in [0.4, 0.5) is 0 Å². The molecule has 2 nitrogen and oxygen atoms in total. The monoisotopic (exact) mass is 509 g/mol. The van der Waals surface area contributed by atoms with Gasteiger partial charge in [-0.2, -0.15) is 0 Å². The fourth-order valence-electron chi connectivity index (χ4n) is 5.61. The Morgan fingerprint density at radius 2 is 0.778 bits per heavy atom. The average molecular weight is 509 g/mol. The number of carboxylic acid groups (broad SMARTS) is 1. The van der Waals surface area contributed by atoms with E-state index in [1.165, 1.54) is 167 Å². The lowest BCUT2D eigenvalue weighted by Gasteiger charge is -2.16. The molecule has 0 fully saturated rings. The minimum atomic E-state index is -0.616. The van der Waals surface area contributed by atoms with Crippen molar-refractivity contribution in [3.05, 3.63) is 0 Å². The van der Waals surface area contributed by atoms with Gasteiger partial charge in [0.15, 0.2) is 0 Å². The molecule has 0 aliphatic carbocycles. The molecule has 0 aromatic carbocycles. The predicted octanol–water partition coefficient (Wildman–Crippen LogP) is 12.3. The number of hydrogen-bond acceptors (Lipinski definition) is 1. The molecule has 0 bridgehead atoms. The van der Waals surface area contributed by atoms with Crippen LogP contribution in [0.5, 0.6) is 0 Å². The summed E-state index contributed by atoms with van der Waals surface area (Å²) in [5, 5.41) is 9.13. The van der Waals surface area contributed by atoms with E-state index in [4.69, 9.17) is 5.11 Å². The van der Waals surface area contributed by atoms with Crippen molar-refractivity contribution in [1.29, 1.82) is 0 Å². The molecule has 0 heterocycles. The van der Waals surface area contributed by atoms with Crippen LogP contribution in [0.2, 0.25) is 0 Å². The lowest BCUT2D eigenvalue weighted by atomic mass is 9.90.